The van der Waals surface area contributed by atoms with Gasteiger partial charge in [-0.3, -0.25) is 0 Å². The lowest BCUT2D eigenvalue weighted by Gasteiger charge is -2.38. The first-order valence-electron chi connectivity index (χ1n) is 4.98. The summed E-state index contributed by atoms with van der Waals surface area (Å²) in [5.74, 6) is 0.356. The summed E-state index contributed by atoms with van der Waals surface area (Å²) in [6, 6.07) is 0. The minimum Gasteiger partial charge on any atom is -0.393 e. The topological polar surface area (TPSA) is 60.7 Å². The third kappa shape index (κ3) is 2.42. The van der Waals surface area contributed by atoms with Crippen molar-refractivity contribution in [3.8, 4) is 0 Å². The zero-order valence-corrected chi connectivity index (χ0v) is 8.40. The van der Waals surface area contributed by atoms with Crippen LogP contribution in [0, 0.1) is 11.8 Å². The van der Waals surface area contributed by atoms with Crippen molar-refractivity contribution in [2.24, 2.45) is 11.8 Å². The van der Waals surface area contributed by atoms with Gasteiger partial charge in [-0.1, -0.05) is 6.92 Å². The van der Waals surface area contributed by atoms with Crippen LogP contribution in [0.3, 0.4) is 0 Å². The fourth-order valence-electron chi connectivity index (χ4n) is 1.99. The Balaban J connectivity index is 2.55. The van der Waals surface area contributed by atoms with E-state index in [1.165, 1.54) is 0 Å². The number of hydrogen-bond donors (Lipinski definition) is 3. The van der Waals surface area contributed by atoms with Crippen LogP contribution in [0.25, 0.3) is 0 Å². The Morgan fingerprint density at radius 2 is 2.00 bits per heavy atom. The molecule has 3 N–H and O–H groups in total. The average Bonchev–Trinajstić information content (AvgIpc) is 2.09. The minimum absolute atomic E-state index is 0.0312. The summed E-state index contributed by atoms with van der Waals surface area (Å²) < 4.78 is 0. The van der Waals surface area contributed by atoms with E-state index in [-0.39, 0.29) is 18.6 Å². The van der Waals surface area contributed by atoms with Crippen LogP contribution in [-0.2, 0) is 0 Å². The van der Waals surface area contributed by atoms with Gasteiger partial charge in [0.05, 0.1) is 18.3 Å². The molecule has 13 heavy (non-hydrogen) atoms. The van der Waals surface area contributed by atoms with Crippen LogP contribution in [0.4, 0.5) is 0 Å². The molecule has 0 amide bonds. The van der Waals surface area contributed by atoms with Crippen LogP contribution in [0.2, 0.25) is 0 Å². The molecular formula is C10H20O3. The van der Waals surface area contributed by atoms with Gasteiger partial charge in [0.15, 0.2) is 0 Å². The van der Waals surface area contributed by atoms with Gasteiger partial charge in [-0.2, -0.15) is 0 Å². The van der Waals surface area contributed by atoms with Gasteiger partial charge in [0.25, 0.3) is 0 Å². The summed E-state index contributed by atoms with van der Waals surface area (Å²) in [7, 11) is 0. The zero-order chi connectivity index (χ0) is 10.1. The Hall–Kier alpha value is -0.120. The quantitative estimate of drug-likeness (QED) is 0.592. The van der Waals surface area contributed by atoms with Crippen molar-refractivity contribution in [3.63, 3.8) is 0 Å². The molecule has 0 aromatic rings. The van der Waals surface area contributed by atoms with Crippen molar-refractivity contribution >= 4 is 0 Å². The van der Waals surface area contributed by atoms with E-state index >= 15 is 0 Å². The highest BCUT2D eigenvalue weighted by Gasteiger charge is 2.37. The lowest BCUT2D eigenvalue weighted by Crippen LogP contribution is -2.43. The monoisotopic (exact) mass is 188 g/mol. The van der Waals surface area contributed by atoms with Gasteiger partial charge in [0.1, 0.15) is 0 Å². The summed E-state index contributed by atoms with van der Waals surface area (Å²) >= 11 is 0. The Bertz CT molecular complexity index is 168. The van der Waals surface area contributed by atoms with Gasteiger partial charge in [-0.05, 0) is 38.0 Å². The van der Waals surface area contributed by atoms with Crippen LogP contribution in [0.1, 0.15) is 33.1 Å². The Labute approximate surface area is 79.4 Å². The zero-order valence-electron chi connectivity index (χ0n) is 8.40. The molecule has 0 aromatic heterocycles. The van der Waals surface area contributed by atoms with Gasteiger partial charge >= 0.3 is 0 Å². The summed E-state index contributed by atoms with van der Waals surface area (Å²) in [6.45, 7) is 3.44. The van der Waals surface area contributed by atoms with Crippen molar-refractivity contribution in [1.82, 2.24) is 0 Å². The van der Waals surface area contributed by atoms with Crippen LogP contribution in [0.5, 0.6) is 0 Å². The summed E-state index contributed by atoms with van der Waals surface area (Å²) in [4.78, 5) is 0. The highest BCUT2D eigenvalue weighted by molar-refractivity contribution is 4.88. The predicted octanol–water partition coefficient (Wildman–Crippen LogP) is 0.527. The Morgan fingerprint density at radius 1 is 1.38 bits per heavy atom. The Morgan fingerprint density at radius 3 is 2.46 bits per heavy atom. The highest BCUT2D eigenvalue weighted by Crippen LogP contribution is 2.35. The summed E-state index contributed by atoms with van der Waals surface area (Å²) in [5.41, 5.74) is -1.03. The SMILES string of the molecule is C[C@H]1CC[C@@H]([C@](C)(O)CO)C[C@H]1O. The molecule has 0 heterocycles. The van der Waals surface area contributed by atoms with E-state index in [4.69, 9.17) is 5.11 Å². The largest absolute Gasteiger partial charge is 0.393 e. The van der Waals surface area contributed by atoms with E-state index < -0.39 is 5.60 Å². The minimum atomic E-state index is -1.03. The van der Waals surface area contributed by atoms with E-state index in [9.17, 15) is 10.2 Å². The second-order valence-corrected chi connectivity index (χ2v) is 4.57. The van der Waals surface area contributed by atoms with Crippen molar-refractivity contribution < 1.29 is 15.3 Å². The first-order valence-corrected chi connectivity index (χ1v) is 4.98. The fraction of sp³-hybridized carbons (Fsp3) is 1.00. The van der Waals surface area contributed by atoms with Gasteiger partial charge in [0.2, 0.25) is 0 Å². The molecule has 0 aliphatic heterocycles. The maximum absolute atomic E-state index is 9.79. The fourth-order valence-corrected chi connectivity index (χ4v) is 1.99. The van der Waals surface area contributed by atoms with Crippen LogP contribution >= 0.6 is 0 Å². The molecule has 78 valence electrons. The molecule has 3 nitrogen and oxygen atoms in total. The van der Waals surface area contributed by atoms with Gasteiger partial charge in [0, 0.05) is 0 Å². The van der Waals surface area contributed by atoms with Gasteiger partial charge in [-0.25, -0.2) is 0 Å². The lowest BCUT2D eigenvalue weighted by molar-refractivity contribution is -0.0836. The van der Waals surface area contributed by atoms with Crippen molar-refractivity contribution in [1.29, 1.82) is 0 Å². The van der Waals surface area contributed by atoms with Crippen LogP contribution < -0.4 is 0 Å². The van der Waals surface area contributed by atoms with Gasteiger partial charge in [-0.15, -0.1) is 0 Å². The van der Waals surface area contributed by atoms with E-state index in [2.05, 4.69) is 0 Å². The van der Waals surface area contributed by atoms with E-state index in [1.807, 2.05) is 6.92 Å². The van der Waals surface area contributed by atoms with Crippen LogP contribution in [0.15, 0.2) is 0 Å². The van der Waals surface area contributed by atoms with Crippen LogP contribution in [-0.4, -0.2) is 33.6 Å². The molecule has 1 aliphatic rings. The molecule has 1 rings (SSSR count). The van der Waals surface area contributed by atoms with E-state index in [0.29, 0.717) is 12.3 Å². The van der Waals surface area contributed by atoms with Gasteiger partial charge < -0.3 is 15.3 Å². The number of hydrogen-bond acceptors (Lipinski definition) is 3. The second-order valence-electron chi connectivity index (χ2n) is 4.57. The summed E-state index contributed by atoms with van der Waals surface area (Å²) in [6.07, 6.45) is 2.11. The number of aliphatic hydroxyl groups is 3. The molecule has 4 atom stereocenters. The molecule has 0 spiro atoms. The number of rotatable bonds is 2. The normalized spacial score (nSPS) is 39.9. The molecule has 3 heteroatoms. The van der Waals surface area contributed by atoms with Crippen molar-refractivity contribution in [2.75, 3.05) is 6.61 Å². The average molecular weight is 188 g/mol. The van der Waals surface area contributed by atoms with E-state index in [0.717, 1.165) is 12.8 Å². The smallest absolute Gasteiger partial charge is 0.0878 e. The number of aliphatic hydroxyl groups excluding tert-OH is 2. The molecule has 0 saturated heterocycles. The predicted molar refractivity (Wildman–Crippen MR) is 50.2 cm³/mol. The van der Waals surface area contributed by atoms with Crippen molar-refractivity contribution in [2.45, 2.75) is 44.8 Å². The second kappa shape index (κ2) is 3.95. The van der Waals surface area contributed by atoms with E-state index in [1.54, 1.807) is 6.92 Å². The first-order chi connectivity index (χ1) is 5.97. The molecule has 0 unspecified atom stereocenters. The molecule has 1 aliphatic carbocycles. The first kappa shape index (κ1) is 11.0. The highest BCUT2D eigenvalue weighted by atomic mass is 16.3. The molecule has 0 aromatic carbocycles. The molecule has 1 saturated carbocycles. The lowest BCUT2D eigenvalue weighted by atomic mass is 9.73. The third-order valence-corrected chi connectivity index (χ3v) is 3.35. The standard InChI is InChI=1S/C10H20O3/c1-7-3-4-8(5-9(7)12)10(2,13)6-11/h7-9,11-13H,3-6H2,1-2H3/t7-,8+,9+,10+/m0/s1. The maximum atomic E-state index is 9.79. The molecule has 1 fully saturated rings. The molecular weight excluding hydrogens is 168 g/mol. The molecule has 0 radical (unpaired) electrons. The molecule has 0 bridgehead atoms. The summed E-state index contributed by atoms with van der Waals surface area (Å²) in [5, 5.41) is 28.4. The maximum Gasteiger partial charge on any atom is 0.0878 e. The third-order valence-electron chi connectivity index (χ3n) is 3.35. The Kier molecular flexibility index (Phi) is 3.33. The van der Waals surface area contributed by atoms with Crippen molar-refractivity contribution in [3.05, 3.63) is 0 Å².